The molecule has 0 bridgehead atoms. The van der Waals surface area contributed by atoms with E-state index in [1.807, 2.05) is 121 Å². The molecule has 4 aromatic rings. The predicted octanol–water partition coefficient (Wildman–Crippen LogP) is 6.29. The van der Waals surface area contributed by atoms with E-state index in [4.69, 9.17) is 0 Å². The van der Waals surface area contributed by atoms with Gasteiger partial charge >= 0.3 is 0 Å². The molecule has 0 aliphatic carbocycles. The van der Waals surface area contributed by atoms with Gasteiger partial charge < -0.3 is 10.6 Å². The summed E-state index contributed by atoms with van der Waals surface area (Å²) in [6.07, 6.45) is 0. The molecule has 4 aromatic carbocycles. The lowest BCUT2D eigenvalue weighted by Gasteiger charge is -2.19. The van der Waals surface area contributed by atoms with Crippen LogP contribution in [0, 0.1) is 0 Å². The Labute approximate surface area is 220 Å². The van der Waals surface area contributed by atoms with Gasteiger partial charge in [0, 0.05) is 22.9 Å². The molecule has 4 nitrogen and oxygen atoms in total. The highest BCUT2D eigenvalue weighted by atomic mass is 32.2. The Morgan fingerprint density at radius 1 is 0.500 bits per heavy atom. The molecule has 2 amide bonds. The molecule has 6 heteroatoms. The summed E-state index contributed by atoms with van der Waals surface area (Å²) < 4.78 is 0. The maximum absolute atomic E-state index is 13.1. The molecule has 0 saturated carbocycles. The zero-order chi connectivity index (χ0) is 25.0. The molecule has 0 heterocycles. The third-order valence-electron chi connectivity index (χ3n) is 5.40. The van der Waals surface area contributed by atoms with Crippen molar-refractivity contribution in [3.8, 4) is 0 Å². The van der Waals surface area contributed by atoms with Gasteiger partial charge in [0.1, 0.15) is 10.5 Å². The lowest BCUT2D eigenvalue weighted by Crippen LogP contribution is -2.37. The number of carbonyl (C=O) groups excluding carboxylic acids is 2. The minimum absolute atomic E-state index is 0.0810. The van der Waals surface area contributed by atoms with Gasteiger partial charge in [-0.05, 0) is 35.4 Å². The van der Waals surface area contributed by atoms with Crippen LogP contribution in [0.1, 0.15) is 21.6 Å². The van der Waals surface area contributed by atoms with Crippen LogP contribution in [-0.2, 0) is 9.59 Å². The van der Waals surface area contributed by atoms with Gasteiger partial charge in [-0.25, -0.2) is 0 Å². The summed E-state index contributed by atoms with van der Waals surface area (Å²) in [6, 6.07) is 39.3. The van der Waals surface area contributed by atoms with Crippen LogP contribution in [0.2, 0.25) is 0 Å². The Morgan fingerprint density at radius 2 is 0.806 bits per heavy atom. The number of hydrogen-bond donors (Lipinski definition) is 2. The molecule has 36 heavy (non-hydrogen) atoms. The number of thioether (sulfide) groups is 2. The molecule has 0 saturated heterocycles. The molecule has 2 atom stereocenters. The summed E-state index contributed by atoms with van der Waals surface area (Å²) in [5, 5.41) is 5.25. The van der Waals surface area contributed by atoms with Crippen molar-refractivity contribution in [2.75, 3.05) is 13.1 Å². The molecule has 4 rings (SSSR count). The lowest BCUT2D eigenvalue weighted by molar-refractivity contribution is -0.122. The summed E-state index contributed by atoms with van der Waals surface area (Å²) in [7, 11) is 0. The van der Waals surface area contributed by atoms with E-state index >= 15 is 0 Å². The maximum Gasteiger partial charge on any atom is 0.238 e. The Morgan fingerprint density at radius 3 is 1.14 bits per heavy atom. The van der Waals surface area contributed by atoms with Crippen LogP contribution in [0.4, 0.5) is 0 Å². The van der Waals surface area contributed by atoms with E-state index in [1.165, 1.54) is 23.5 Å². The van der Waals surface area contributed by atoms with Crippen LogP contribution < -0.4 is 10.6 Å². The zero-order valence-electron chi connectivity index (χ0n) is 19.7. The first-order chi connectivity index (χ1) is 17.7. The monoisotopic (exact) mass is 512 g/mol. The topological polar surface area (TPSA) is 58.2 Å². The highest BCUT2D eigenvalue weighted by molar-refractivity contribution is 8.00. The van der Waals surface area contributed by atoms with Gasteiger partial charge in [0.05, 0.1) is 0 Å². The average molecular weight is 513 g/mol. The number of nitrogens with one attached hydrogen (secondary N) is 2. The average Bonchev–Trinajstić information content (AvgIpc) is 2.94. The van der Waals surface area contributed by atoms with Gasteiger partial charge in [-0.2, -0.15) is 0 Å². The molecule has 2 N–H and O–H groups in total. The van der Waals surface area contributed by atoms with Gasteiger partial charge in [0.25, 0.3) is 0 Å². The lowest BCUT2D eigenvalue weighted by atomic mass is 10.1. The van der Waals surface area contributed by atoms with E-state index in [-0.39, 0.29) is 22.3 Å². The fraction of sp³-hybridized carbons (Fsp3) is 0.133. The SMILES string of the molecule is O=C(NCCNC(=O)[C@H](Sc1ccccc1)c1ccccc1)[C@H](Sc1ccccc1)c1ccccc1. The van der Waals surface area contributed by atoms with E-state index in [0.717, 1.165) is 20.9 Å². The molecule has 0 aliphatic heterocycles. The number of amides is 2. The minimum atomic E-state index is -0.380. The van der Waals surface area contributed by atoms with Gasteiger partial charge in [0.15, 0.2) is 0 Å². The van der Waals surface area contributed by atoms with Gasteiger partial charge in [0.2, 0.25) is 11.8 Å². The molecule has 0 aromatic heterocycles. The van der Waals surface area contributed by atoms with Gasteiger partial charge in [-0.3, -0.25) is 9.59 Å². The van der Waals surface area contributed by atoms with E-state index < -0.39 is 0 Å². The smallest absolute Gasteiger partial charge is 0.238 e. The Balaban J connectivity index is 1.36. The predicted molar refractivity (Wildman–Crippen MR) is 149 cm³/mol. The maximum atomic E-state index is 13.1. The van der Waals surface area contributed by atoms with Crippen LogP contribution >= 0.6 is 23.5 Å². The van der Waals surface area contributed by atoms with Crippen molar-refractivity contribution in [3.63, 3.8) is 0 Å². The highest BCUT2D eigenvalue weighted by Gasteiger charge is 2.23. The number of carbonyl (C=O) groups is 2. The van der Waals surface area contributed by atoms with Crippen LogP contribution in [-0.4, -0.2) is 24.9 Å². The van der Waals surface area contributed by atoms with Crippen LogP contribution in [0.15, 0.2) is 131 Å². The highest BCUT2D eigenvalue weighted by Crippen LogP contribution is 2.36. The number of rotatable bonds is 11. The summed E-state index contributed by atoms with van der Waals surface area (Å²) in [4.78, 5) is 28.3. The molecule has 0 fully saturated rings. The van der Waals surface area contributed by atoms with E-state index in [0.29, 0.717) is 13.1 Å². The summed E-state index contributed by atoms with van der Waals surface area (Å²) in [5.74, 6) is -0.162. The standard InChI is InChI=1S/C30H28N2O2S2/c33-29(27(23-13-5-1-6-14-23)35-25-17-9-3-10-18-25)31-21-22-32-30(34)28(24-15-7-2-8-16-24)36-26-19-11-4-12-20-26/h1-20,27-28H,21-22H2,(H,31,33)(H,32,34)/t27-,28-/m1/s1. The van der Waals surface area contributed by atoms with Gasteiger partial charge in [-0.1, -0.05) is 97.1 Å². The van der Waals surface area contributed by atoms with Crippen molar-refractivity contribution >= 4 is 35.3 Å². The fourth-order valence-corrected chi connectivity index (χ4v) is 5.77. The van der Waals surface area contributed by atoms with Crippen LogP contribution in [0.3, 0.4) is 0 Å². The van der Waals surface area contributed by atoms with Crippen molar-refractivity contribution in [1.29, 1.82) is 0 Å². The normalized spacial score (nSPS) is 12.3. The summed E-state index contributed by atoms with van der Waals surface area (Å²) in [6.45, 7) is 0.696. The van der Waals surface area contributed by atoms with Crippen LogP contribution in [0.5, 0.6) is 0 Å². The third-order valence-corrected chi connectivity index (χ3v) is 7.93. The Kier molecular flexibility index (Phi) is 9.65. The van der Waals surface area contributed by atoms with E-state index in [2.05, 4.69) is 10.6 Å². The summed E-state index contributed by atoms with van der Waals surface area (Å²) in [5.41, 5.74) is 1.88. The molecule has 0 radical (unpaired) electrons. The van der Waals surface area contributed by atoms with Crippen molar-refractivity contribution < 1.29 is 9.59 Å². The van der Waals surface area contributed by atoms with Gasteiger partial charge in [-0.15, -0.1) is 23.5 Å². The fourth-order valence-electron chi connectivity index (χ4n) is 3.63. The first kappa shape index (κ1) is 25.6. The first-order valence-corrected chi connectivity index (χ1v) is 13.6. The van der Waals surface area contributed by atoms with Crippen LogP contribution in [0.25, 0.3) is 0 Å². The van der Waals surface area contributed by atoms with Crippen molar-refractivity contribution in [3.05, 3.63) is 132 Å². The minimum Gasteiger partial charge on any atom is -0.353 e. The van der Waals surface area contributed by atoms with Crippen molar-refractivity contribution in [2.45, 2.75) is 20.3 Å². The molecular formula is C30H28N2O2S2. The molecule has 0 spiro atoms. The molecule has 0 unspecified atom stereocenters. The largest absolute Gasteiger partial charge is 0.353 e. The van der Waals surface area contributed by atoms with E-state index in [1.54, 1.807) is 0 Å². The number of benzene rings is 4. The second-order valence-electron chi connectivity index (χ2n) is 8.03. The molecule has 0 aliphatic rings. The molecular weight excluding hydrogens is 484 g/mol. The second kappa shape index (κ2) is 13.6. The molecule has 182 valence electrons. The third kappa shape index (κ3) is 7.51. The Hall–Kier alpha value is -3.48. The zero-order valence-corrected chi connectivity index (χ0v) is 21.4. The first-order valence-electron chi connectivity index (χ1n) is 11.8. The van der Waals surface area contributed by atoms with E-state index in [9.17, 15) is 9.59 Å². The Bertz CT molecular complexity index is 1120. The second-order valence-corrected chi connectivity index (χ2v) is 10.4. The van der Waals surface area contributed by atoms with Crippen molar-refractivity contribution in [1.82, 2.24) is 10.6 Å². The quantitative estimate of drug-likeness (QED) is 0.183. The van der Waals surface area contributed by atoms with Crippen molar-refractivity contribution in [2.24, 2.45) is 0 Å². The number of hydrogen-bond acceptors (Lipinski definition) is 4. The summed E-state index contributed by atoms with van der Waals surface area (Å²) >= 11 is 3.03.